The van der Waals surface area contributed by atoms with Crippen LogP contribution >= 0.6 is 0 Å². The number of phenols is 1. The van der Waals surface area contributed by atoms with Crippen LogP contribution in [0, 0.1) is 12.7 Å². The number of carbonyl (C=O) groups is 1. The summed E-state index contributed by atoms with van der Waals surface area (Å²) in [4.78, 5) is 21.8. The number of aryl methyl sites for hydroxylation is 1. The SMILES string of the molecule is Cc1cc2c(F)c(Oc3ncnc4cc(O)c(OCCCCCCC=O)cc34)ccc2[nH]1. The van der Waals surface area contributed by atoms with Crippen molar-refractivity contribution in [3.05, 3.63) is 48.2 Å². The summed E-state index contributed by atoms with van der Waals surface area (Å²) in [6, 6.07) is 8.09. The Kier molecular flexibility index (Phi) is 6.49. The summed E-state index contributed by atoms with van der Waals surface area (Å²) in [7, 11) is 0. The standard InChI is InChI=1S/C24H24FN3O4/c1-15-11-16-18(28-15)7-8-21(23(16)25)32-24-17-12-22(20(30)13-19(17)26-14-27-24)31-10-6-4-2-3-5-9-29/h7-9,11-14,28,30H,2-6,10H2,1H3. The van der Waals surface area contributed by atoms with Gasteiger partial charge in [-0.3, -0.25) is 0 Å². The Hall–Kier alpha value is -3.68. The molecule has 0 saturated heterocycles. The van der Waals surface area contributed by atoms with Crippen molar-refractivity contribution in [1.29, 1.82) is 0 Å². The van der Waals surface area contributed by atoms with E-state index in [1.807, 2.05) is 6.92 Å². The van der Waals surface area contributed by atoms with Crippen LogP contribution < -0.4 is 9.47 Å². The number of benzene rings is 2. The number of H-pyrrole nitrogens is 1. The minimum Gasteiger partial charge on any atom is -0.504 e. The molecule has 8 heteroatoms. The molecule has 0 radical (unpaired) electrons. The summed E-state index contributed by atoms with van der Waals surface area (Å²) in [6.07, 6.45) is 6.35. The summed E-state index contributed by atoms with van der Waals surface area (Å²) < 4.78 is 26.5. The summed E-state index contributed by atoms with van der Waals surface area (Å²) in [5.74, 6) is -0.0363. The maximum atomic E-state index is 15.0. The molecule has 7 nitrogen and oxygen atoms in total. The van der Waals surface area contributed by atoms with Gasteiger partial charge in [-0.1, -0.05) is 12.8 Å². The fourth-order valence-electron chi connectivity index (χ4n) is 3.58. The van der Waals surface area contributed by atoms with E-state index in [1.54, 1.807) is 24.3 Å². The smallest absolute Gasteiger partial charge is 0.230 e. The predicted octanol–water partition coefficient (Wildman–Crippen LogP) is 5.58. The number of aromatic amines is 1. The third kappa shape index (κ3) is 4.64. The molecule has 2 heterocycles. The number of nitrogens with one attached hydrogen (secondary N) is 1. The molecule has 0 aliphatic carbocycles. The van der Waals surface area contributed by atoms with E-state index in [2.05, 4.69) is 15.0 Å². The van der Waals surface area contributed by atoms with Crippen LogP contribution in [0.1, 0.15) is 37.8 Å². The van der Waals surface area contributed by atoms with Gasteiger partial charge in [-0.15, -0.1) is 0 Å². The number of carbonyl (C=O) groups excluding carboxylic acids is 1. The molecule has 0 saturated carbocycles. The van der Waals surface area contributed by atoms with E-state index in [0.717, 1.165) is 37.7 Å². The molecule has 2 aromatic heterocycles. The molecule has 0 spiro atoms. The molecule has 166 valence electrons. The quantitative estimate of drug-likeness (QED) is 0.248. The second-order valence-electron chi connectivity index (χ2n) is 7.63. The van der Waals surface area contributed by atoms with Crippen LogP contribution in [0.3, 0.4) is 0 Å². The van der Waals surface area contributed by atoms with Crippen LogP contribution in [0.15, 0.2) is 36.7 Å². The predicted molar refractivity (Wildman–Crippen MR) is 119 cm³/mol. The zero-order valence-electron chi connectivity index (χ0n) is 17.7. The zero-order valence-corrected chi connectivity index (χ0v) is 17.7. The lowest BCUT2D eigenvalue weighted by molar-refractivity contribution is -0.107. The van der Waals surface area contributed by atoms with Gasteiger partial charge in [0.15, 0.2) is 23.1 Å². The zero-order chi connectivity index (χ0) is 22.5. The Bertz CT molecular complexity index is 1260. The van der Waals surface area contributed by atoms with E-state index in [-0.39, 0.29) is 23.1 Å². The second kappa shape index (κ2) is 9.64. The van der Waals surface area contributed by atoms with E-state index in [4.69, 9.17) is 9.47 Å². The second-order valence-corrected chi connectivity index (χ2v) is 7.63. The van der Waals surface area contributed by atoms with Crippen molar-refractivity contribution >= 4 is 28.1 Å². The molecule has 0 amide bonds. The van der Waals surface area contributed by atoms with Gasteiger partial charge < -0.3 is 24.4 Å². The van der Waals surface area contributed by atoms with Crippen LogP contribution in [0.5, 0.6) is 23.1 Å². The topological polar surface area (TPSA) is 97.3 Å². The van der Waals surface area contributed by atoms with Crippen molar-refractivity contribution in [2.75, 3.05) is 6.61 Å². The van der Waals surface area contributed by atoms with Gasteiger partial charge in [0.2, 0.25) is 5.88 Å². The number of rotatable bonds is 10. The highest BCUT2D eigenvalue weighted by molar-refractivity contribution is 5.87. The third-order valence-corrected chi connectivity index (χ3v) is 5.20. The van der Waals surface area contributed by atoms with Crippen LogP contribution in [-0.4, -0.2) is 33.0 Å². The van der Waals surface area contributed by atoms with Gasteiger partial charge in [0.05, 0.1) is 17.5 Å². The number of halogens is 1. The molecule has 0 aliphatic heterocycles. The molecular weight excluding hydrogens is 413 g/mol. The van der Waals surface area contributed by atoms with Crippen LogP contribution in [0.2, 0.25) is 0 Å². The Morgan fingerprint density at radius 2 is 1.91 bits per heavy atom. The number of aromatic nitrogens is 3. The van der Waals surface area contributed by atoms with Crippen molar-refractivity contribution in [2.24, 2.45) is 0 Å². The molecule has 0 fully saturated rings. The summed E-state index contributed by atoms with van der Waals surface area (Å²) in [5, 5.41) is 11.2. The van der Waals surface area contributed by atoms with E-state index in [1.165, 1.54) is 12.4 Å². The van der Waals surface area contributed by atoms with Gasteiger partial charge >= 0.3 is 0 Å². The maximum Gasteiger partial charge on any atom is 0.230 e. The van der Waals surface area contributed by atoms with Gasteiger partial charge in [-0.25, -0.2) is 14.4 Å². The minimum atomic E-state index is -0.483. The lowest BCUT2D eigenvalue weighted by Crippen LogP contribution is -1.99. The summed E-state index contributed by atoms with van der Waals surface area (Å²) in [5.41, 5.74) is 1.99. The van der Waals surface area contributed by atoms with Crippen molar-refractivity contribution in [2.45, 2.75) is 39.0 Å². The number of phenolic OH excluding ortho intramolecular Hbond substituents is 1. The number of aldehydes is 1. The van der Waals surface area contributed by atoms with Crippen molar-refractivity contribution in [3.63, 3.8) is 0 Å². The van der Waals surface area contributed by atoms with Crippen LogP contribution in [0.25, 0.3) is 21.8 Å². The summed E-state index contributed by atoms with van der Waals surface area (Å²) in [6.45, 7) is 2.28. The maximum absolute atomic E-state index is 15.0. The summed E-state index contributed by atoms with van der Waals surface area (Å²) >= 11 is 0. The molecular formula is C24H24FN3O4. The molecule has 0 atom stereocenters. The third-order valence-electron chi connectivity index (χ3n) is 5.20. The lowest BCUT2D eigenvalue weighted by atomic mass is 10.1. The van der Waals surface area contributed by atoms with Crippen LogP contribution in [-0.2, 0) is 4.79 Å². The molecule has 32 heavy (non-hydrogen) atoms. The van der Waals surface area contributed by atoms with Gasteiger partial charge in [-0.2, -0.15) is 0 Å². The molecule has 4 aromatic rings. The minimum absolute atomic E-state index is 0.0431. The van der Waals surface area contributed by atoms with Crippen molar-refractivity contribution in [1.82, 2.24) is 15.0 Å². The fraction of sp³-hybridized carbons (Fsp3) is 0.292. The van der Waals surface area contributed by atoms with E-state index in [9.17, 15) is 14.3 Å². The van der Waals surface area contributed by atoms with Gasteiger partial charge in [-0.05, 0) is 44.0 Å². The molecule has 2 aromatic carbocycles. The number of unbranched alkanes of at least 4 members (excludes halogenated alkanes) is 4. The monoisotopic (exact) mass is 437 g/mol. The average molecular weight is 437 g/mol. The van der Waals surface area contributed by atoms with Gasteiger partial charge in [0.1, 0.15) is 12.6 Å². The molecule has 0 unspecified atom stereocenters. The number of ether oxygens (including phenoxy) is 2. The number of fused-ring (bicyclic) bond motifs is 2. The Morgan fingerprint density at radius 1 is 1.06 bits per heavy atom. The number of nitrogens with zero attached hydrogens (tertiary/aromatic N) is 2. The Morgan fingerprint density at radius 3 is 2.75 bits per heavy atom. The first-order valence-electron chi connectivity index (χ1n) is 10.6. The highest BCUT2D eigenvalue weighted by atomic mass is 19.1. The van der Waals surface area contributed by atoms with Crippen LogP contribution in [0.4, 0.5) is 4.39 Å². The van der Waals surface area contributed by atoms with E-state index in [0.29, 0.717) is 34.8 Å². The fourth-order valence-corrected chi connectivity index (χ4v) is 3.58. The number of hydrogen-bond donors (Lipinski definition) is 2. The normalized spacial score (nSPS) is 11.2. The Balaban J connectivity index is 1.54. The first-order valence-corrected chi connectivity index (χ1v) is 10.6. The molecule has 0 aliphatic rings. The largest absolute Gasteiger partial charge is 0.504 e. The highest BCUT2D eigenvalue weighted by Gasteiger charge is 2.16. The molecule has 2 N–H and O–H groups in total. The van der Waals surface area contributed by atoms with Crippen molar-refractivity contribution < 1.29 is 23.8 Å². The van der Waals surface area contributed by atoms with Gasteiger partial charge in [0, 0.05) is 29.1 Å². The highest BCUT2D eigenvalue weighted by Crippen LogP contribution is 2.37. The number of aromatic hydroxyl groups is 1. The van der Waals surface area contributed by atoms with Gasteiger partial charge in [0.25, 0.3) is 0 Å². The first kappa shape index (κ1) is 21.5. The number of hydrogen-bond acceptors (Lipinski definition) is 6. The van der Waals surface area contributed by atoms with E-state index >= 15 is 0 Å². The van der Waals surface area contributed by atoms with E-state index < -0.39 is 5.82 Å². The lowest BCUT2D eigenvalue weighted by Gasteiger charge is -2.12. The average Bonchev–Trinajstić information content (AvgIpc) is 3.17. The first-order chi connectivity index (χ1) is 15.6. The molecule has 0 bridgehead atoms. The Labute approximate surface area is 184 Å². The molecule has 4 rings (SSSR count). The van der Waals surface area contributed by atoms with Crippen molar-refractivity contribution in [3.8, 4) is 23.1 Å².